The summed E-state index contributed by atoms with van der Waals surface area (Å²) in [7, 11) is 0. The van der Waals surface area contributed by atoms with Gasteiger partial charge in [0.25, 0.3) is 0 Å². The highest BCUT2D eigenvalue weighted by Crippen LogP contribution is 2.14. The highest BCUT2D eigenvalue weighted by atomic mass is 16.6. The summed E-state index contributed by atoms with van der Waals surface area (Å²) in [6.07, 6.45) is -0.703. The molecule has 0 radical (unpaired) electrons. The van der Waals surface area contributed by atoms with E-state index in [1.807, 2.05) is 44.2 Å². The van der Waals surface area contributed by atoms with Crippen LogP contribution in [0.4, 0.5) is 4.79 Å². The Bertz CT molecular complexity index is 468. The lowest BCUT2D eigenvalue weighted by molar-refractivity contribution is 0.0318. The van der Waals surface area contributed by atoms with E-state index in [9.17, 15) is 9.90 Å². The predicted molar refractivity (Wildman–Crippen MR) is 90.6 cm³/mol. The first-order valence-electron chi connectivity index (χ1n) is 8.03. The number of carbonyl (C=O) groups excluding carboxylic acids is 1. The number of benzene rings is 1. The van der Waals surface area contributed by atoms with E-state index in [0.717, 1.165) is 0 Å². The first-order valence-corrected chi connectivity index (χ1v) is 8.03. The summed E-state index contributed by atoms with van der Waals surface area (Å²) in [6, 6.07) is 8.86. The van der Waals surface area contributed by atoms with Crippen LogP contribution in [0.25, 0.3) is 0 Å². The third-order valence-corrected chi connectivity index (χ3v) is 3.06. The van der Waals surface area contributed by atoms with Gasteiger partial charge in [0.15, 0.2) is 0 Å². The molecule has 0 aliphatic heterocycles. The number of para-hydroxylation sites is 1. The molecule has 1 amide bonds. The average Bonchev–Trinajstić information content (AvgIpc) is 2.42. The molecule has 1 aromatic rings. The standard InChI is InChI=1S/C18H29NO4/c1-13(2)11-15(19-17(21)23-18(3,4)5)16(20)12-22-14-9-7-6-8-10-14/h6-10,13,15-16,20H,11-12H2,1-5H3,(H,19,21). The van der Waals surface area contributed by atoms with Gasteiger partial charge < -0.3 is 19.9 Å². The highest BCUT2D eigenvalue weighted by Gasteiger charge is 2.25. The fourth-order valence-electron chi connectivity index (χ4n) is 2.09. The third-order valence-electron chi connectivity index (χ3n) is 3.06. The molecule has 5 nitrogen and oxygen atoms in total. The maximum atomic E-state index is 11.9. The molecule has 0 fully saturated rings. The largest absolute Gasteiger partial charge is 0.491 e. The van der Waals surface area contributed by atoms with Gasteiger partial charge in [-0.3, -0.25) is 0 Å². The van der Waals surface area contributed by atoms with E-state index in [4.69, 9.17) is 9.47 Å². The zero-order valence-electron chi connectivity index (χ0n) is 14.7. The van der Waals surface area contributed by atoms with Crippen LogP contribution in [-0.2, 0) is 4.74 Å². The molecule has 1 aromatic carbocycles. The molecule has 0 spiro atoms. The minimum atomic E-state index is -0.815. The van der Waals surface area contributed by atoms with Crippen LogP contribution in [-0.4, -0.2) is 35.6 Å². The van der Waals surface area contributed by atoms with E-state index in [1.54, 1.807) is 20.8 Å². The molecule has 0 bridgehead atoms. The van der Waals surface area contributed by atoms with Crippen molar-refractivity contribution in [2.24, 2.45) is 5.92 Å². The Morgan fingerprint density at radius 2 is 1.83 bits per heavy atom. The first-order chi connectivity index (χ1) is 10.7. The van der Waals surface area contributed by atoms with Crippen molar-refractivity contribution in [3.8, 4) is 5.75 Å². The lowest BCUT2D eigenvalue weighted by Crippen LogP contribution is -2.48. The minimum absolute atomic E-state index is 0.108. The Balaban J connectivity index is 2.59. The van der Waals surface area contributed by atoms with Crippen molar-refractivity contribution in [2.75, 3.05) is 6.61 Å². The van der Waals surface area contributed by atoms with Gasteiger partial charge in [-0.15, -0.1) is 0 Å². The Morgan fingerprint density at radius 3 is 2.35 bits per heavy atom. The molecule has 0 saturated heterocycles. The van der Waals surface area contributed by atoms with E-state index in [-0.39, 0.29) is 6.61 Å². The molecule has 0 aromatic heterocycles. The van der Waals surface area contributed by atoms with Crippen LogP contribution in [0.1, 0.15) is 41.0 Å². The van der Waals surface area contributed by atoms with Crippen molar-refractivity contribution in [1.29, 1.82) is 0 Å². The number of hydrogen-bond acceptors (Lipinski definition) is 4. The second-order valence-corrected chi connectivity index (χ2v) is 7.07. The zero-order chi connectivity index (χ0) is 17.5. The van der Waals surface area contributed by atoms with E-state index < -0.39 is 23.8 Å². The quantitative estimate of drug-likeness (QED) is 0.807. The number of alkyl carbamates (subject to hydrolysis) is 1. The Kier molecular flexibility index (Phi) is 7.36. The molecule has 2 atom stereocenters. The van der Waals surface area contributed by atoms with Crippen LogP contribution in [0.15, 0.2) is 30.3 Å². The Hall–Kier alpha value is -1.75. The Morgan fingerprint density at radius 1 is 1.22 bits per heavy atom. The number of aliphatic hydroxyl groups is 1. The van der Waals surface area contributed by atoms with Crippen LogP contribution in [0.5, 0.6) is 5.75 Å². The smallest absolute Gasteiger partial charge is 0.407 e. The number of rotatable bonds is 7. The predicted octanol–water partition coefficient (Wildman–Crippen LogP) is 3.37. The molecular formula is C18H29NO4. The number of carbonyl (C=O) groups is 1. The fraction of sp³-hybridized carbons (Fsp3) is 0.611. The van der Waals surface area contributed by atoms with Gasteiger partial charge in [-0.05, 0) is 45.2 Å². The minimum Gasteiger partial charge on any atom is -0.491 e. The summed E-state index contributed by atoms with van der Waals surface area (Å²) in [5, 5.41) is 13.1. The van der Waals surface area contributed by atoms with Crippen molar-refractivity contribution in [3.05, 3.63) is 30.3 Å². The summed E-state index contributed by atoms with van der Waals surface area (Å²) in [5.74, 6) is 1.01. The van der Waals surface area contributed by atoms with E-state index in [2.05, 4.69) is 5.32 Å². The number of hydrogen-bond donors (Lipinski definition) is 2. The van der Waals surface area contributed by atoms with Crippen LogP contribution in [0, 0.1) is 5.92 Å². The van der Waals surface area contributed by atoms with E-state index in [0.29, 0.717) is 18.1 Å². The monoisotopic (exact) mass is 323 g/mol. The number of ether oxygens (including phenoxy) is 2. The third kappa shape index (κ3) is 8.45. The molecule has 1 rings (SSSR count). The maximum absolute atomic E-state index is 11.9. The van der Waals surface area contributed by atoms with Gasteiger partial charge in [0, 0.05) is 0 Å². The van der Waals surface area contributed by atoms with Crippen molar-refractivity contribution in [3.63, 3.8) is 0 Å². The number of nitrogens with one attached hydrogen (secondary N) is 1. The summed E-state index contributed by atoms with van der Waals surface area (Å²) >= 11 is 0. The van der Waals surface area contributed by atoms with Crippen molar-refractivity contribution < 1.29 is 19.4 Å². The van der Waals surface area contributed by atoms with Gasteiger partial charge in [-0.1, -0.05) is 32.0 Å². The lowest BCUT2D eigenvalue weighted by Gasteiger charge is -2.27. The van der Waals surface area contributed by atoms with Crippen LogP contribution >= 0.6 is 0 Å². The molecule has 0 aliphatic carbocycles. The van der Waals surface area contributed by atoms with Crippen molar-refractivity contribution in [1.82, 2.24) is 5.32 Å². The topological polar surface area (TPSA) is 67.8 Å². The van der Waals surface area contributed by atoms with Gasteiger partial charge in [-0.25, -0.2) is 4.79 Å². The van der Waals surface area contributed by atoms with Gasteiger partial charge in [0.05, 0.1) is 6.04 Å². The average molecular weight is 323 g/mol. The SMILES string of the molecule is CC(C)CC(NC(=O)OC(C)(C)C)C(O)COc1ccccc1. The molecule has 0 aliphatic rings. The number of aliphatic hydroxyl groups excluding tert-OH is 1. The van der Waals surface area contributed by atoms with Gasteiger partial charge >= 0.3 is 6.09 Å². The van der Waals surface area contributed by atoms with Gasteiger partial charge in [0.2, 0.25) is 0 Å². The number of amides is 1. The molecule has 0 saturated carbocycles. The fourth-order valence-corrected chi connectivity index (χ4v) is 2.09. The van der Waals surface area contributed by atoms with Crippen LogP contribution in [0.3, 0.4) is 0 Å². The molecule has 23 heavy (non-hydrogen) atoms. The normalized spacial score (nSPS) is 14.2. The van der Waals surface area contributed by atoms with Gasteiger partial charge in [0.1, 0.15) is 24.1 Å². The molecule has 2 unspecified atom stereocenters. The van der Waals surface area contributed by atoms with Crippen molar-refractivity contribution in [2.45, 2.75) is 58.8 Å². The summed E-state index contributed by atoms with van der Waals surface area (Å²) < 4.78 is 10.8. The molecule has 0 heterocycles. The van der Waals surface area contributed by atoms with Crippen LogP contribution in [0.2, 0.25) is 0 Å². The van der Waals surface area contributed by atoms with Crippen molar-refractivity contribution >= 4 is 6.09 Å². The maximum Gasteiger partial charge on any atom is 0.407 e. The molecule has 130 valence electrons. The lowest BCUT2D eigenvalue weighted by atomic mass is 9.99. The molecule has 2 N–H and O–H groups in total. The van der Waals surface area contributed by atoms with E-state index >= 15 is 0 Å². The second kappa shape index (κ2) is 8.77. The van der Waals surface area contributed by atoms with Crippen LogP contribution < -0.4 is 10.1 Å². The molecule has 5 heteroatoms. The first kappa shape index (κ1) is 19.3. The highest BCUT2D eigenvalue weighted by molar-refractivity contribution is 5.68. The summed E-state index contributed by atoms with van der Waals surface area (Å²) in [4.78, 5) is 11.9. The van der Waals surface area contributed by atoms with E-state index in [1.165, 1.54) is 0 Å². The summed E-state index contributed by atoms with van der Waals surface area (Å²) in [5.41, 5.74) is -0.571. The summed E-state index contributed by atoms with van der Waals surface area (Å²) in [6.45, 7) is 9.59. The zero-order valence-corrected chi connectivity index (χ0v) is 14.7. The second-order valence-electron chi connectivity index (χ2n) is 7.07. The Labute approximate surface area is 139 Å². The van der Waals surface area contributed by atoms with Gasteiger partial charge in [-0.2, -0.15) is 0 Å². The molecular weight excluding hydrogens is 294 g/mol.